The smallest absolute Gasteiger partial charge is 0.269 e. The van der Waals surface area contributed by atoms with Crippen molar-refractivity contribution in [3.05, 3.63) is 123 Å². The van der Waals surface area contributed by atoms with Crippen LogP contribution in [-0.4, -0.2) is 22.1 Å². The van der Waals surface area contributed by atoms with E-state index in [0.717, 1.165) is 64.9 Å². The van der Waals surface area contributed by atoms with E-state index in [4.69, 9.17) is 0 Å². The first-order valence-electron chi connectivity index (χ1n) is 16.0. The number of fused-ring (bicyclic) bond motifs is 3. The second-order valence-corrected chi connectivity index (χ2v) is 11.8. The maximum atomic E-state index is 11.4. The lowest BCUT2D eigenvalue weighted by atomic mass is 10.0. The third-order valence-electron chi connectivity index (χ3n) is 8.58. The van der Waals surface area contributed by atoms with Crippen LogP contribution in [0.15, 0.2) is 84.9 Å². The van der Waals surface area contributed by atoms with Crippen molar-refractivity contribution in [3.8, 4) is 0 Å². The summed E-state index contributed by atoms with van der Waals surface area (Å²) < 4.78 is 2.33. The molecule has 1 heterocycles. The summed E-state index contributed by atoms with van der Waals surface area (Å²) in [4.78, 5) is 33.1. The number of non-ortho nitro benzene ring substituents is 1. The third-order valence-corrected chi connectivity index (χ3v) is 8.58. The molecule has 0 N–H and O–H groups in total. The van der Waals surface area contributed by atoms with Crippen LogP contribution in [0.5, 0.6) is 0 Å². The summed E-state index contributed by atoms with van der Waals surface area (Å²) in [6, 6.07) is 26.9. The molecule has 6 nitrogen and oxygen atoms in total. The van der Waals surface area contributed by atoms with Gasteiger partial charge in [0.2, 0.25) is 0 Å². The molecule has 230 valence electrons. The molecule has 5 rings (SSSR count). The van der Waals surface area contributed by atoms with Gasteiger partial charge in [-0.05, 0) is 84.5 Å². The summed E-state index contributed by atoms with van der Waals surface area (Å²) >= 11 is 0. The van der Waals surface area contributed by atoms with Gasteiger partial charge >= 0.3 is 0 Å². The third kappa shape index (κ3) is 8.42. The zero-order valence-electron chi connectivity index (χ0n) is 25.7. The largest absolute Gasteiger partial charge is 0.340 e. The van der Waals surface area contributed by atoms with Crippen LogP contribution in [0.1, 0.15) is 95.2 Å². The molecule has 5 aromatic rings. The topological polar surface area (TPSA) is 82.2 Å². The fourth-order valence-electron chi connectivity index (χ4n) is 6.06. The van der Waals surface area contributed by atoms with Gasteiger partial charge in [-0.2, -0.15) is 0 Å². The Labute approximate surface area is 264 Å². The summed E-state index contributed by atoms with van der Waals surface area (Å²) in [5, 5.41) is 12.9. The van der Waals surface area contributed by atoms with Crippen molar-refractivity contribution in [1.82, 2.24) is 4.57 Å². The van der Waals surface area contributed by atoms with E-state index < -0.39 is 0 Å². The van der Waals surface area contributed by atoms with Crippen LogP contribution in [0.3, 0.4) is 0 Å². The number of aldehydes is 2. The van der Waals surface area contributed by atoms with E-state index in [2.05, 4.69) is 28.8 Å². The van der Waals surface area contributed by atoms with Gasteiger partial charge in [-0.15, -0.1) is 0 Å². The summed E-state index contributed by atoms with van der Waals surface area (Å²) in [6.45, 7) is 0.928. The Morgan fingerprint density at radius 3 is 1.49 bits per heavy atom. The molecule has 45 heavy (non-hydrogen) atoms. The number of benzene rings is 4. The van der Waals surface area contributed by atoms with Crippen LogP contribution in [-0.2, 0) is 13.0 Å². The van der Waals surface area contributed by atoms with Gasteiger partial charge in [-0.1, -0.05) is 81.4 Å². The van der Waals surface area contributed by atoms with E-state index in [1.165, 1.54) is 69.1 Å². The number of nitro groups is 1. The molecule has 0 unspecified atom stereocenters. The van der Waals surface area contributed by atoms with Crippen LogP contribution in [0.25, 0.3) is 34.0 Å². The molecule has 0 amide bonds. The number of unbranched alkanes of at least 4 members (excludes halogenated alkanes) is 8. The molecule has 6 heteroatoms. The first kappa shape index (κ1) is 31.6. The molecule has 4 aromatic carbocycles. The average molecular weight is 601 g/mol. The minimum Gasteiger partial charge on any atom is -0.340 e. The Hall–Kier alpha value is -4.84. The van der Waals surface area contributed by atoms with Gasteiger partial charge in [0.05, 0.1) is 4.92 Å². The van der Waals surface area contributed by atoms with Crippen LogP contribution in [0.4, 0.5) is 5.69 Å². The summed E-state index contributed by atoms with van der Waals surface area (Å²) in [5.74, 6) is 0. The van der Waals surface area contributed by atoms with Gasteiger partial charge in [0, 0.05) is 51.6 Å². The van der Waals surface area contributed by atoms with Gasteiger partial charge in [0.15, 0.2) is 0 Å². The second-order valence-electron chi connectivity index (χ2n) is 11.8. The van der Waals surface area contributed by atoms with Crippen molar-refractivity contribution in [2.24, 2.45) is 0 Å². The average Bonchev–Trinajstić information content (AvgIpc) is 3.38. The van der Waals surface area contributed by atoms with Crippen molar-refractivity contribution in [3.63, 3.8) is 0 Å². The van der Waals surface area contributed by atoms with Crippen LogP contribution < -0.4 is 0 Å². The van der Waals surface area contributed by atoms with E-state index in [0.29, 0.717) is 11.1 Å². The Bertz CT molecular complexity index is 1720. The van der Waals surface area contributed by atoms with Crippen molar-refractivity contribution in [2.75, 3.05) is 0 Å². The highest BCUT2D eigenvalue weighted by Crippen LogP contribution is 2.31. The Morgan fingerprint density at radius 2 is 1.00 bits per heavy atom. The number of aromatic nitrogens is 1. The normalized spacial score (nSPS) is 11.5. The van der Waals surface area contributed by atoms with E-state index >= 15 is 0 Å². The fourth-order valence-corrected chi connectivity index (χ4v) is 6.06. The van der Waals surface area contributed by atoms with Crippen molar-refractivity contribution >= 4 is 52.2 Å². The van der Waals surface area contributed by atoms with Gasteiger partial charge < -0.3 is 4.57 Å². The fraction of sp³-hybridized carbons (Fsp3) is 0.282. The molecule has 0 spiro atoms. The summed E-state index contributed by atoms with van der Waals surface area (Å²) in [7, 11) is 0. The predicted molar refractivity (Wildman–Crippen MR) is 184 cm³/mol. The molecule has 0 bridgehead atoms. The minimum atomic E-state index is -0.383. The molecule has 0 fully saturated rings. The number of rotatable bonds is 17. The van der Waals surface area contributed by atoms with E-state index in [1.807, 2.05) is 48.6 Å². The van der Waals surface area contributed by atoms with E-state index in [-0.39, 0.29) is 10.6 Å². The number of carbonyl (C=O) groups is 2. The lowest BCUT2D eigenvalue weighted by Gasteiger charge is -2.08. The van der Waals surface area contributed by atoms with Crippen LogP contribution >= 0.6 is 0 Å². The first-order valence-corrected chi connectivity index (χ1v) is 16.0. The zero-order valence-corrected chi connectivity index (χ0v) is 25.7. The maximum absolute atomic E-state index is 11.4. The molecule has 0 saturated carbocycles. The molecule has 0 saturated heterocycles. The predicted octanol–water partition coefficient (Wildman–Crippen LogP) is 10.3. The second kappa shape index (κ2) is 15.8. The van der Waals surface area contributed by atoms with Crippen molar-refractivity contribution < 1.29 is 14.5 Å². The number of aryl methyl sites for hydroxylation is 2. The maximum Gasteiger partial charge on any atom is 0.269 e. The van der Waals surface area contributed by atoms with Gasteiger partial charge in [0.25, 0.3) is 5.69 Å². The van der Waals surface area contributed by atoms with Crippen LogP contribution in [0.2, 0.25) is 0 Å². The number of nitro benzene ring substituents is 1. The highest BCUT2D eigenvalue weighted by Gasteiger charge is 2.12. The number of hydrogen-bond donors (Lipinski definition) is 0. The standard InChI is InChI=1S/C39H40N2O4/c42-28-33-19-23-38-36(26-33)37-27-34(29-43)20-24-39(37)40(38)25-9-7-5-3-1-2-4-6-8-10-30-11-13-31(14-12-30)15-16-32-17-21-35(22-18-32)41(44)45/h11-24,26-29H,1-10,25H2/b16-15+. The van der Waals surface area contributed by atoms with E-state index in [1.54, 1.807) is 12.1 Å². The lowest BCUT2D eigenvalue weighted by Crippen LogP contribution is -1.98. The van der Waals surface area contributed by atoms with Gasteiger partial charge in [-0.3, -0.25) is 19.7 Å². The molecule has 0 atom stereocenters. The Kier molecular flexibility index (Phi) is 11.1. The van der Waals surface area contributed by atoms with Crippen molar-refractivity contribution in [1.29, 1.82) is 0 Å². The van der Waals surface area contributed by atoms with Crippen LogP contribution in [0, 0.1) is 10.1 Å². The van der Waals surface area contributed by atoms with Gasteiger partial charge in [-0.25, -0.2) is 0 Å². The highest BCUT2D eigenvalue weighted by atomic mass is 16.6. The Morgan fingerprint density at radius 1 is 0.556 bits per heavy atom. The Balaban J connectivity index is 0.962. The lowest BCUT2D eigenvalue weighted by molar-refractivity contribution is -0.384. The quantitative estimate of drug-likeness (QED) is 0.0349. The van der Waals surface area contributed by atoms with E-state index in [9.17, 15) is 19.7 Å². The monoisotopic (exact) mass is 600 g/mol. The van der Waals surface area contributed by atoms with Gasteiger partial charge in [0.1, 0.15) is 12.6 Å². The molecular weight excluding hydrogens is 560 g/mol. The highest BCUT2D eigenvalue weighted by molar-refractivity contribution is 6.10. The molecule has 0 aliphatic carbocycles. The summed E-state index contributed by atoms with van der Waals surface area (Å²) in [6.07, 6.45) is 18.0. The molecule has 0 aliphatic heterocycles. The zero-order chi connectivity index (χ0) is 31.4. The molecule has 0 radical (unpaired) electrons. The molecule has 0 aliphatic rings. The molecule has 1 aromatic heterocycles. The number of nitrogens with zero attached hydrogens (tertiary/aromatic N) is 2. The SMILES string of the molecule is O=Cc1ccc2c(c1)c1cc(C=O)ccc1n2CCCCCCCCCCCc1ccc(/C=C/c2ccc([N+](=O)[O-])cc2)cc1. The number of hydrogen-bond acceptors (Lipinski definition) is 4. The first-order chi connectivity index (χ1) is 22.1. The number of carbonyl (C=O) groups excluding carboxylic acids is 2. The molecular formula is C39H40N2O4. The van der Waals surface area contributed by atoms with Crippen molar-refractivity contribution in [2.45, 2.75) is 70.8 Å². The summed E-state index contributed by atoms with van der Waals surface area (Å²) in [5.41, 5.74) is 7.06. The minimum absolute atomic E-state index is 0.106.